The SMILES string of the molecule is CCCCCCCCCCCCCCCCOC(=O)c1ccccc1OC(=O)c1cccc([N+](=O)[O-])c1. The van der Waals surface area contributed by atoms with E-state index >= 15 is 0 Å². The normalized spacial score (nSPS) is 10.7. The predicted molar refractivity (Wildman–Crippen MR) is 145 cm³/mol. The Hall–Kier alpha value is -3.22. The number of esters is 2. The molecule has 0 bridgehead atoms. The predicted octanol–water partition coefficient (Wildman–Crippen LogP) is 8.45. The highest BCUT2D eigenvalue weighted by molar-refractivity contribution is 5.96. The molecule has 0 radical (unpaired) electrons. The molecule has 0 amide bonds. The van der Waals surface area contributed by atoms with Gasteiger partial charge in [0.1, 0.15) is 11.3 Å². The first-order valence-electron chi connectivity index (χ1n) is 13.8. The minimum absolute atomic E-state index is 0.0276. The molecule has 202 valence electrons. The number of hydrogen-bond donors (Lipinski definition) is 0. The molecule has 0 aliphatic rings. The molecule has 37 heavy (non-hydrogen) atoms. The largest absolute Gasteiger partial charge is 0.462 e. The van der Waals surface area contributed by atoms with Gasteiger partial charge in [-0.3, -0.25) is 10.1 Å². The van der Waals surface area contributed by atoms with Gasteiger partial charge in [-0.2, -0.15) is 0 Å². The number of nitro benzene ring substituents is 1. The van der Waals surface area contributed by atoms with Crippen molar-refractivity contribution in [2.45, 2.75) is 96.8 Å². The molecule has 0 atom stereocenters. The zero-order chi connectivity index (χ0) is 26.7. The van der Waals surface area contributed by atoms with Crippen LogP contribution in [-0.2, 0) is 4.74 Å². The van der Waals surface area contributed by atoms with Crippen molar-refractivity contribution in [2.24, 2.45) is 0 Å². The number of ether oxygens (including phenoxy) is 2. The van der Waals surface area contributed by atoms with Gasteiger partial charge in [-0.15, -0.1) is 0 Å². The van der Waals surface area contributed by atoms with E-state index in [1.54, 1.807) is 12.1 Å². The standard InChI is InChI=1S/C30H41NO6/c1-2-3-4-5-6-7-8-9-10-11-12-13-14-17-23-36-30(33)27-21-15-16-22-28(27)37-29(32)25-19-18-20-26(24-25)31(34)35/h15-16,18-22,24H,2-14,17,23H2,1H3. The van der Waals surface area contributed by atoms with Crippen LogP contribution in [0.15, 0.2) is 48.5 Å². The topological polar surface area (TPSA) is 95.7 Å². The number of carbonyl (C=O) groups is 2. The van der Waals surface area contributed by atoms with Gasteiger partial charge in [0, 0.05) is 12.1 Å². The van der Waals surface area contributed by atoms with Gasteiger partial charge in [-0.1, -0.05) is 109 Å². The number of rotatable bonds is 19. The lowest BCUT2D eigenvalue weighted by atomic mass is 10.0. The van der Waals surface area contributed by atoms with Crippen molar-refractivity contribution in [3.8, 4) is 5.75 Å². The molecule has 0 fully saturated rings. The van der Waals surface area contributed by atoms with Gasteiger partial charge in [-0.25, -0.2) is 9.59 Å². The lowest BCUT2D eigenvalue weighted by molar-refractivity contribution is -0.384. The van der Waals surface area contributed by atoms with Gasteiger partial charge in [0.25, 0.3) is 5.69 Å². The van der Waals surface area contributed by atoms with Crippen LogP contribution in [0, 0.1) is 10.1 Å². The van der Waals surface area contributed by atoms with Crippen LogP contribution in [0.3, 0.4) is 0 Å². The molecule has 2 aromatic rings. The molecule has 0 spiro atoms. The number of benzene rings is 2. The Kier molecular flexibility index (Phi) is 14.7. The third kappa shape index (κ3) is 12.0. The highest BCUT2D eigenvalue weighted by Gasteiger charge is 2.18. The van der Waals surface area contributed by atoms with Crippen LogP contribution in [-0.4, -0.2) is 23.5 Å². The van der Waals surface area contributed by atoms with E-state index in [1.165, 1.54) is 101 Å². The summed E-state index contributed by atoms with van der Waals surface area (Å²) in [4.78, 5) is 35.4. The summed E-state index contributed by atoms with van der Waals surface area (Å²) in [6.45, 7) is 2.56. The fraction of sp³-hybridized carbons (Fsp3) is 0.533. The maximum absolute atomic E-state index is 12.6. The number of nitro groups is 1. The summed E-state index contributed by atoms with van der Waals surface area (Å²) in [5, 5.41) is 11.0. The molecule has 0 heterocycles. The number of nitrogens with zero attached hydrogens (tertiary/aromatic N) is 1. The molecule has 2 aromatic carbocycles. The first-order chi connectivity index (χ1) is 18.0. The molecular weight excluding hydrogens is 470 g/mol. The lowest BCUT2D eigenvalue weighted by Crippen LogP contribution is -2.13. The maximum Gasteiger partial charge on any atom is 0.343 e. The van der Waals surface area contributed by atoms with Gasteiger partial charge in [0.05, 0.1) is 17.1 Å². The summed E-state index contributed by atoms with van der Waals surface area (Å²) < 4.78 is 10.7. The fourth-order valence-electron chi connectivity index (χ4n) is 4.17. The molecule has 0 aliphatic heterocycles. The second kappa shape index (κ2) is 18.1. The number of carbonyl (C=O) groups excluding carboxylic acids is 2. The van der Waals surface area contributed by atoms with E-state index in [-0.39, 0.29) is 22.6 Å². The number of para-hydroxylation sites is 1. The Morgan fingerprint density at radius 2 is 1.30 bits per heavy atom. The van der Waals surface area contributed by atoms with Crippen LogP contribution in [0.25, 0.3) is 0 Å². The van der Waals surface area contributed by atoms with Crippen molar-refractivity contribution in [2.75, 3.05) is 6.61 Å². The van der Waals surface area contributed by atoms with E-state index in [1.807, 2.05) is 0 Å². The van der Waals surface area contributed by atoms with Crippen molar-refractivity contribution in [3.05, 3.63) is 69.8 Å². The zero-order valence-corrected chi connectivity index (χ0v) is 22.1. The average Bonchev–Trinajstić information content (AvgIpc) is 2.91. The summed E-state index contributed by atoms with van der Waals surface area (Å²) in [7, 11) is 0. The van der Waals surface area contributed by atoms with E-state index < -0.39 is 16.9 Å². The molecule has 7 heteroatoms. The minimum atomic E-state index is -0.782. The van der Waals surface area contributed by atoms with Crippen molar-refractivity contribution in [3.63, 3.8) is 0 Å². The summed E-state index contributed by atoms with van der Waals surface area (Å²) in [5.74, 6) is -1.28. The third-order valence-corrected chi connectivity index (χ3v) is 6.33. The van der Waals surface area contributed by atoms with E-state index in [0.29, 0.717) is 6.61 Å². The van der Waals surface area contributed by atoms with Crippen molar-refractivity contribution in [1.82, 2.24) is 0 Å². The van der Waals surface area contributed by atoms with Gasteiger partial charge in [0.2, 0.25) is 0 Å². The van der Waals surface area contributed by atoms with Crippen molar-refractivity contribution >= 4 is 17.6 Å². The van der Waals surface area contributed by atoms with Crippen LogP contribution in [0.2, 0.25) is 0 Å². The van der Waals surface area contributed by atoms with Crippen LogP contribution < -0.4 is 4.74 Å². The van der Waals surface area contributed by atoms with Crippen LogP contribution >= 0.6 is 0 Å². The summed E-state index contributed by atoms with van der Waals surface area (Å²) >= 11 is 0. The molecule has 0 N–H and O–H groups in total. The Bertz CT molecular complexity index is 974. The highest BCUT2D eigenvalue weighted by atomic mass is 16.6. The van der Waals surface area contributed by atoms with Gasteiger partial charge < -0.3 is 9.47 Å². The average molecular weight is 512 g/mol. The minimum Gasteiger partial charge on any atom is -0.462 e. The van der Waals surface area contributed by atoms with E-state index in [0.717, 1.165) is 25.3 Å². The second-order valence-electron chi connectivity index (χ2n) is 9.43. The molecule has 0 saturated carbocycles. The quantitative estimate of drug-likeness (QED) is 0.0617. The van der Waals surface area contributed by atoms with Gasteiger partial charge >= 0.3 is 11.9 Å². The Morgan fingerprint density at radius 3 is 1.89 bits per heavy atom. The molecule has 2 rings (SSSR count). The monoisotopic (exact) mass is 511 g/mol. The third-order valence-electron chi connectivity index (χ3n) is 6.33. The number of non-ortho nitro benzene ring substituents is 1. The molecule has 0 unspecified atom stereocenters. The lowest BCUT2D eigenvalue weighted by Gasteiger charge is -2.10. The maximum atomic E-state index is 12.6. The Labute approximate surface area is 220 Å². The summed E-state index contributed by atoms with van der Waals surface area (Å²) in [6, 6.07) is 11.6. The number of unbranched alkanes of at least 4 members (excludes halogenated alkanes) is 13. The molecule has 7 nitrogen and oxygen atoms in total. The zero-order valence-electron chi connectivity index (χ0n) is 22.1. The Morgan fingerprint density at radius 1 is 0.730 bits per heavy atom. The van der Waals surface area contributed by atoms with Gasteiger partial charge in [0.15, 0.2) is 0 Å². The molecular formula is C30H41NO6. The molecule has 0 aliphatic carbocycles. The fourth-order valence-corrected chi connectivity index (χ4v) is 4.17. The molecule has 0 saturated heterocycles. The Balaban J connectivity index is 1.62. The van der Waals surface area contributed by atoms with E-state index in [4.69, 9.17) is 9.47 Å². The van der Waals surface area contributed by atoms with Crippen molar-refractivity contribution < 1.29 is 24.0 Å². The van der Waals surface area contributed by atoms with Crippen LogP contribution in [0.1, 0.15) is 118 Å². The first-order valence-corrected chi connectivity index (χ1v) is 13.8. The van der Waals surface area contributed by atoms with E-state index in [2.05, 4.69) is 6.92 Å². The van der Waals surface area contributed by atoms with Crippen LogP contribution in [0.4, 0.5) is 5.69 Å². The van der Waals surface area contributed by atoms with Gasteiger partial charge in [-0.05, 0) is 24.6 Å². The smallest absolute Gasteiger partial charge is 0.343 e. The van der Waals surface area contributed by atoms with Crippen LogP contribution in [0.5, 0.6) is 5.75 Å². The van der Waals surface area contributed by atoms with Crippen molar-refractivity contribution in [1.29, 1.82) is 0 Å². The summed E-state index contributed by atoms with van der Waals surface area (Å²) in [5.41, 5.74) is -0.0401. The molecule has 0 aromatic heterocycles. The summed E-state index contributed by atoms with van der Waals surface area (Å²) in [6.07, 6.45) is 17.6. The highest BCUT2D eigenvalue weighted by Crippen LogP contribution is 2.22. The second-order valence-corrected chi connectivity index (χ2v) is 9.43. The van der Waals surface area contributed by atoms with E-state index in [9.17, 15) is 19.7 Å². The number of hydrogen-bond acceptors (Lipinski definition) is 6. The first kappa shape index (κ1) is 30.0.